The molecule has 1 amide bonds. The van der Waals surface area contributed by atoms with Crippen molar-refractivity contribution in [2.45, 2.75) is 39.5 Å². The third-order valence-corrected chi connectivity index (χ3v) is 4.33. The summed E-state index contributed by atoms with van der Waals surface area (Å²) in [4.78, 5) is 23.1. The number of aliphatic carboxylic acids is 1. The third kappa shape index (κ3) is 4.01. The quantitative estimate of drug-likeness (QED) is 0.853. The Morgan fingerprint density at radius 1 is 1.25 bits per heavy atom. The zero-order valence-corrected chi connectivity index (χ0v) is 14.5. The van der Waals surface area contributed by atoms with Crippen LogP contribution in [0.15, 0.2) is 24.3 Å². The number of benzene rings is 1. The van der Waals surface area contributed by atoms with Gasteiger partial charge in [-0.2, -0.15) is 5.10 Å². The number of carbonyl (C=O) groups excluding carboxylic acids is 1. The van der Waals surface area contributed by atoms with E-state index in [1.54, 1.807) is 31.2 Å². The Hall–Kier alpha value is -2.63. The van der Waals surface area contributed by atoms with Crippen LogP contribution in [-0.4, -0.2) is 26.8 Å². The van der Waals surface area contributed by atoms with Gasteiger partial charge >= 0.3 is 5.97 Å². The van der Waals surface area contributed by atoms with Crippen LogP contribution in [-0.2, 0) is 23.1 Å². The second-order valence-electron chi connectivity index (χ2n) is 6.00. The van der Waals surface area contributed by atoms with Crippen molar-refractivity contribution in [3.8, 4) is 0 Å². The number of hydrogen-bond donors (Lipinski definition) is 2. The van der Waals surface area contributed by atoms with Gasteiger partial charge in [0, 0.05) is 24.8 Å². The highest BCUT2D eigenvalue weighted by Gasteiger charge is 2.14. The Labute approximate surface area is 141 Å². The molecule has 0 fully saturated rings. The molecule has 0 spiro atoms. The van der Waals surface area contributed by atoms with Crippen molar-refractivity contribution in [3.63, 3.8) is 0 Å². The molecule has 2 aromatic rings. The summed E-state index contributed by atoms with van der Waals surface area (Å²) in [6.07, 6.45) is 1.02. The molecule has 0 bridgehead atoms. The zero-order valence-electron chi connectivity index (χ0n) is 14.5. The highest BCUT2D eigenvalue weighted by molar-refractivity contribution is 5.91. The van der Waals surface area contributed by atoms with E-state index < -0.39 is 11.9 Å². The molecule has 2 N–H and O–H groups in total. The average molecular weight is 329 g/mol. The molecule has 24 heavy (non-hydrogen) atoms. The number of anilines is 1. The summed E-state index contributed by atoms with van der Waals surface area (Å²) in [7, 11) is 1.89. The van der Waals surface area contributed by atoms with Gasteiger partial charge in [0.1, 0.15) is 0 Å². The summed E-state index contributed by atoms with van der Waals surface area (Å²) in [5.74, 6) is -1.50. The lowest BCUT2D eigenvalue weighted by atomic mass is 10.0. The van der Waals surface area contributed by atoms with Gasteiger partial charge < -0.3 is 10.4 Å². The Morgan fingerprint density at radius 2 is 1.88 bits per heavy atom. The number of aromatic nitrogens is 2. The van der Waals surface area contributed by atoms with E-state index in [-0.39, 0.29) is 5.91 Å². The van der Waals surface area contributed by atoms with Crippen LogP contribution in [0.5, 0.6) is 0 Å². The lowest BCUT2D eigenvalue weighted by Crippen LogP contribution is -2.13. The van der Waals surface area contributed by atoms with E-state index in [1.165, 1.54) is 0 Å². The van der Waals surface area contributed by atoms with Crippen LogP contribution in [0.1, 0.15) is 41.8 Å². The molecule has 1 heterocycles. The molecule has 128 valence electrons. The molecule has 0 radical (unpaired) electrons. The monoisotopic (exact) mass is 329 g/mol. The van der Waals surface area contributed by atoms with Gasteiger partial charge in [-0.05, 0) is 50.5 Å². The summed E-state index contributed by atoms with van der Waals surface area (Å²) in [6, 6.07) is 6.91. The lowest BCUT2D eigenvalue weighted by molar-refractivity contribution is -0.138. The van der Waals surface area contributed by atoms with E-state index in [4.69, 9.17) is 5.11 Å². The third-order valence-electron chi connectivity index (χ3n) is 4.33. The van der Waals surface area contributed by atoms with Crippen LogP contribution in [0.4, 0.5) is 5.69 Å². The van der Waals surface area contributed by atoms with Crippen molar-refractivity contribution < 1.29 is 14.7 Å². The summed E-state index contributed by atoms with van der Waals surface area (Å²) in [5, 5.41) is 16.2. The maximum absolute atomic E-state index is 12.1. The molecule has 0 saturated carbocycles. The standard InChI is InChI=1S/C18H23N3O3/c1-11(18(23)24)14-5-7-15(8-6-14)19-17(22)10-9-16-12(2)20-21(4)13(16)3/h5-8,11H,9-10H2,1-4H3,(H,19,22)(H,23,24). The van der Waals surface area contributed by atoms with Gasteiger partial charge in [0.05, 0.1) is 11.6 Å². The highest BCUT2D eigenvalue weighted by Crippen LogP contribution is 2.19. The molecule has 1 atom stereocenters. The van der Waals surface area contributed by atoms with Crippen LogP contribution >= 0.6 is 0 Å². The van der Waals surface area contributed by atoms with E-state index in [0.717, 1.165) is 17.0 Å². The molecule has 6 heteroatoms. The van der Waals surface area contributed by atoms with Gasteiger partial charge in [-0.15, -0.1) is 0 Å². The minimum atomic E-state index is -0.867. The van der Waals surface area contributed by atoms with Crippen LogP contribution in [0.2, 0.25) is 0 Å². The highest BCUT2D eigenvalue weighted by atomic mass is 16.4. The van der Waals surface area contributed by atoms with E-state index >= 15 is 0 Å². The van der Waals surface area contributed by atoms with E-state index in [9.17, 15) is 9.59 Å². The Kier molecular flexibility index (Phi) is 5.39. The number of carboxylic acid groups (broad SMARTS) is 1. The van der Waals surface area contributed by atoms with Crippen molar-refractivity contribution in [1.29, 1.82) is 0 Å². The molecule has 1 aromatic carbocycles. The number of hydrogen-bond acceptors (Lipinski definition) is 3. The fourth-order valence-corrected chi connectivity index (χ4v) is 2.64. The Morgan fingerprint density at radius 3 is 2.38 bits per heavy atom. The minimum absolute atomic E-state index is 0.0725. The number of carboxylic acids is 1. The number of carbonyl (C=O) groups is 2. The summed E-state index contributed by atoms with van der Waals surface area (Å²) < 4.78 is 1.82. The van der Waals surface area contributed by atoms with Crippen molar-refractivity contribution in [2.75, 3.05) is 5.32 Å². The molecule has 0 saturated heterocycles. The summed E-state index contributed by atoms with van der Waals surface area (Å²) >= 11 is 0. The molecule has 2 rings (SSSR count). The van der Waals surface area contributed by atoms with Gasteiger partial charge in [-0.1, -0.05) is 12.1 Å². The first-order valence-electron chi connectivity index (χ1n) is 7.91. The predicted octanol–water partition coefficient (Wildman–Crippen LogP) is 2.80. The molecule has 1 unspecified atom stereocenters. The van der Waals surface area contributed by atoms with Gasteiger partial charge in [-0.3, -0.25) is 14.3 Å². The number of rotatable bonds is 6. The first-order chi connectivity index (χ1) is 11.3. The number of aryl methyl sites for hydroxylation is 2. The Balaban J connectivity index is 1.94. The topological polar surface area (TPSA) is 84.2 Å². The average Bonchev–Trinajstić information content (AvgIpc) is 2.78. The largest absolute Gasteiger partial charge is 0.481 e. The van der Waals surface area contributed by atoms with Gasteiger partial charge in [0.2, 0.25) is 5.91 Å². The fraction of sp³-hybridized carbons (Fsp3) is 0.389. The minimum Gasteiger partial charge on any atom is -0.481 e. The van der Waals surface area contributed by atoms with E-state index in [2.05, 4.69) is 10.4 Å². The first kappa shape index (κ1) is 17.7. The first-order valence-corrected chi connectivity index (χ1v) is 7.91. The number of amides is 1. The second-order valence-corrected chi connectivity index (χ2v) is 6.00. The van der Waals surface area contributed by atoms with Crippen LogP contribution in [0.25, 0.3) is 0 Å². The molecule has 0 aliphatic carbocycles. The predicted molar refractivity (Wildman–Crippen MR) is 92.1 cm³/mol. The molecule has 0 aliphatic heterocycles. The zero-order chi connectivity index (χ0) is 17.9. The molecule has 0 aliphatic rings. The van der Waals surface area contributed by atoms with Gasteiger partial charge in [0.15, 0.2) is 0 Å². The van der Waals surface area contributed by atoms with Crippen molar-refractivity contribution >= 4 is 17.6 Å². The SMILES string of the molecule is Cc1nn(C)c(C)c1CCC(=O)Nc1ccc(C(C)C(=O)O)cc1. The normalized spacial score (nSPS) is 12.0. The molecule has 6 nitrogen and oxygen atoms in total. The van der Waals surface area contributed by atoms with Crippen LogP contribution in [0, 0.1) is 13.8 Å². The number of nitrogens with zero attached hydrogens (tertiary/aromatic N) is 2. The van der Waals surface area contributed by atoms with Gasteiger partial charge in [-0.25, -0.2) is 0 Å². The second kappa shape index (κ2) is 7.29. The van der Waals surface area contributed by atoms with E-state index in [0.29, 0.717) is 24.1 Å². The smallest absolute Gasteiger partial charge is 0.310 e. The lowest BCUT2D eigenvalue weighted by Gasteiger charge is -2.09. The number of nitrogens with one attached hydrogen (secondary N) is 1. The summed E-state index contributed by atoms with van der Waals surface area (Å²) in [5.41, 5.74) is 4.52. The van der Waals surface area contributed by atoms with Crippen molar-refractivity contribution in [2.24, 2.45) is 7.05 Å². The van der Waals surface area contributed by atoms with Gasteiger partial charge in [0.25, 0.3) is 0 Å². The van der Waals surface area contributed by atoms with Crippen molar-refractivity contribution in [3.05, 3.63) is 46.8 Å². The van der Waals surface area contributed by atoms with E-state index in [1.807, 2.05) is 25.6 Å². The summed E-state index contributed by atoms with van der Waals surface area (Å²) in [6.45, 7) is 5.58. The van der Waals surface area contributed by atoms with Crippen LogP contribution < -0.4 is 5.32 Å². The fourth-order valence-electron chi connectivity index (χ4n) is 2.64. The Bertz CT molecular complexity index is 748. The molecular formula is C18H23N3O3. The molecular weight excluding hydrogens is 306 g/mol. The van der Waals surface area contributed by atoms with Crippen LogP contribution in [0.3, 0.4) is 0 Å². The molecule has 1 aromatic heterocycles. The maximum atomic E-state index is 12.1. The maximum Gasteiger partial charge on any atom is 0.310 e. The van der Waals surface area contributed by atoms with Crippen molar-refractivity contribution in [1.82, 2.24) is 9.78 Å².